The average molecular weight is 251 g/mol. The monoisotopic (exact) mass is 251 g/mol. The van der Waals surface area contributed by atoms with Crippen LogP contribution in [0.25, 0.3) is 0 Å². The van der Waals surface area contributed by atoms with E-state index in [0.29, 0.717) is 13.1 Å². The van der Waals surface area contributed by atoms with Gasteiger partial charge >= 0.3 is 0 Å². The highest BCUT2D eigenvalue weighted by Crippen LogP contribution is 2.25. The molecule has 1 unspecified atom stereocenters. The Bertz CT molecular complexity index is 430. The summed E-state index contributed by atoms with van der Waals surface area (Å²) in [4.78, 5) is 18.6. The van der Waals surface area contributed by atoms with E-state index in [2.05, 4.69) is 27.2 Å². The third kappa shape index (κ3) is 2.25. The molecule has 0 aromatic carbocycles. The molecule has 1 fully saturated rings. The maximum atomic E-state index is 12.1. The highest BCUT2D eigenvalue weighted by molar-refractivity contribution is 5.86. The molecule has 1 N–H and O–H groups in total. The highest BCUT2D eigenvalue weighted by atomic mass is 16.2. The van der Waals surface area contributed by atoms with Gasteiger partial charge in [-0.05, 0) is 13.3 Å². The number of nitrogens with one attached hydrogen (secondary N) is 1. The van der Waals surface area contributed by atoms with E-state index in [9.17, 15) is 4.79 Å². The summed E-state index contributed by atoms with van der Waals surface area (Å²) in [6.07, 6.45) is 3.40. The maximum absolute atomic E-state index is 12.1. The topological polar surface area (TPSA) is 63.1 Å². The molecule has 2 heterocycles. The Balaban J connectivity index is 2.18. The highest BCUT2D eigenvalue weighted by Gasteiger charge is 2.41. The fourth-order valence-corrected chi connectivity index (χ4v) is 2.53. The SMILES string of the molecule is CCCC1(C)C(=O)NCCN1Cc1ncnn1C. The second-order valence-corrected chi connectivity index (χ2v) is 5.00. The van der Waals surface area contributed by atoms with Crippen LogP contribution in [0, 0.1) is 0 Å². The van der Waals surface area contributed by atoms with Crippen molar-refractivity contribution >= 4 is 5.91 Å². The molecule has 0 spiro atoms. The summed E-state index contributed by atoms with van der Waals surface area (Å²) in [7, 11) is 1.88. The zero-order valence-electron chi connectivity index (χ0n) is 11.3. The van der Waals surface area contributed by atoms with Crippen LogP contribution >= 0.6 is 0 Å². The number of aryl methyl sites for hydroxylation is 1. The third-order valence-electron chi connectivity index (χ3n) is 3.73. The fraction of sp³-hybridized carbons (Fsp3) is 0.750. The molecule has 2 rings (SSSR count). The van der Waals surface area contributed by atoms with Gasteiger partial charge in [0.2, 0.25) is 5.91 Å². The van der Waals surface area contributed by atoms with E-state index >= 15 is 0 Å². The van der Waals surface area contributed by atoms with Crippen molar-refractivity contribution in [2.45, 2.75) is 38.8 Å². The average Bonchev–Trinajstić information content (AvgIpc) is 2.72. The number of amides is 1. The second kappa shape index (κ2) is 5.06. The van der Waals surface area contributed by atoms with Gasteiger partial charge in [0.05, 0.1) is 12.1 Å². The van der Waals surface area contributed by atoms with Gasteiger partial charge in [0.1, 0.15) is 12.2 Å². The number of carbonyl (C=O) groups excluding carboxylic acids is 1. The number of hydrogen-bond acceptors (Lipinski definition) is 4. The van der Waals surface area contributed by atoms with Crippen molar-refractivity contribution in [2.75, 3.05) is 13.1 Å². The molecule has 1 atom stereocenters. The van der Waals surface area contributed by atoms with E-state index in [1.807, 2.05) is 14.0 Å². The first kappa shape index (κ1) is 13.0. The standard InChI is InChI=1S/C12H21N5O/c1-4-5-12(2)11(18)13-6-7-17(12)8-10-14-9-15-16(10)3/h9H,4-8H2,1-3H3,(H,13,18). The molecule has 1 amide bonds. The minimum absolute atomic E-state index is 0.123. The summed E-state index contributed by atoms with van der Waals surface area (Å²) < 4.78 is 1.76. The summed E-state index contributed by atoms with van der Waals surface area (Å²) in [5, 5.41) is 7.03. The third-order valence-corrected chi connectivity index (χ3v) is 3.73. The largest absolute Gasteiger partial charge is 0.353 e. The maximum Gasteiger partial charge on any atom is 0.240 e. The minimum Gasteiger partial charge on any atom is -0.353 e. The minimum atomic E-state index is -0.432. The van der Waals surface area contributed by atoms with Crippen LogP contribution in [0.1, 0.15) is 32.5 Å². The Morgan fingerprint density at radius 2 is 2.33 bits per heavy atom. The van der Waals surface area contributed by atoms with Crippen LogP contribution in [-0.2, 0) is 18.4 Å². The van der Waals surface area contributed by atoms with Crippen LogP contribution in [0.15, 0.2) is 6.33 Å². The van der Waals surface area contributed by atoms with Crippen LogP contribution in [0.4, 0.5) is 0 Å². The van der Waals surface area contributed by atoms with Crippen LogP contribution in [0.5, 0.6) is 0 Å². The van der Waals surface area contributed by atoms with Crippen molar-refractivity contribution in [1.29, 1.82) is 0 Å². The van der Waals surface area contributed by atoms with Gasteiger partial charge in [-0.2, -0.15) is 5.10 Å². The lowest BCUT2D eigenvalue weighted by Gasteiger charge is -2.43. The molecule has 0 radical (unpaired) electrons. The van der Waals surface area contributed by atoms with Crippen molar-refractivity contribution in [3.63, 3.8) is 0 Å². The molecule has 1 aromatic heterocycles. The number of carbonyl (C=O) groups is 1. The Hall–Kier alpha value is -1.43. The van der Waals surface area contributed by atoms with Crippen molar-refractivity contribution in [2.24, 2.45) is 7.05 Å². The van der Waals surface area contributed by atoms with Gasteiger partial charge in [0.25, 0.3) is 0 Å². The van der Waals surface area contributed by atoms with Gasteiger partial charge < -0.3 is 5.32 Å². The zero-order chi connectivity index (χ0) is 13.2. The predicted octanol–water partition coefficient (Wildman–Crippen LogP) is 0.306. The van der Waals surface area contributed by atoms with Gasteiger partial charge in [0.15, 0.2) is 0 Å². The normalized spacial score (nSPS) is 25.2. The van der Waals surface area contributed by atoms with E-state index in [1.165, 1.54) is 0 Å². The molecule has 0 saturated carbocycles. The van der Waals surface area contributed by atoms with Gasteiger partial charge in [-0.3, -0.25) is 14.4 Å². The molecular formula is C12H21N5O. The van der Waals surface area contributed by atoms with Gasteiger partial charge in [-0.25, -0.2) is 4.98 Å². The lowest BCUT2D eigenvalue weighted by molar-refractivity contribution is -0.137. The molecule has 1 aliphatic rings. The van der Waals surface area contributed by atoms with Crippen LogP contribution < -0.4 is 5.32 Å². The Kier molecular flexibility index (Phi) is 3.65. The number of rotatable bonds is 4. The van der Waals surface area contributed by atoms with Crippen LogP contribution in [-0.4, -0.2) is 44.2 Å². The number of nitrogens with zero attached hydrogens (tertiary/aromatic N) is 4. The molecule has 1 aromatic rings. The first-order chi connectivity index (χ1) is 8.58. The van der Waals surface area contributed by atoms with Crippen molar-refractivity contribution in [3.8, 4) is 0 Å². The Labute approximate surface area is 107 Å². The van der Waals surface area contributed by atoms with Crippen LogP contribution in [0.2, 0.25) is 0 Å². The summed E-state index contributed by atoms with van der Waals surface area (Å²) in [5.74, 6) is 1.02. The smallest absolute Gasteiger partial charge is 0.240 e. The Morgan fingerprint density at radius 3 is 2.94 bits per heavy atom. The van der Waals surface area contributed by atoms with Gasteiger partial charge in [-0.1, -0.05) is 13.3 Å². The summed E-state index contributed by atoms with van der Waals surface area (Å²) in [5.41, 5.74) is -0.432. The van der Waals surface area contributed by atoms with Crippen molar-refractivity contribution < 1.29 is 4.79 Å². The summed E-state index contributed by atoms with van der Waals surface area (Å²) in [6.45, 7) is 6.35. The van der Waals surface area contributed by atoms with Crippen molar-refractivity contribution in [1.82, 2.24) is 25.0 Å². The van der Waals surface area contributed by atoms with E-state index in [-0.39, 0.29) is 5.91 Å². The zero-order valence-corrected chi connectivity index (χ0v) is 11.3. The lowest BCUT2D eigenvalue weighted by Crippen LogP contribution is -2.62. The molecule has 1 aliphatic heterocycles. The van der Waals surface area contributed by atoms with E-state index in [1.54, 1.807) is 11.0 Å². The number of piperazine rings is 1. The van der Waals surface area contributed by atoms with Crippen molar-refractivity contribution in [3.05, 3.63) is 12.2 Å². The molecule has 100 valence electrons. The van der Waals surface area contributed by atoms with Crippen LogP contribution in [0.3, 0.4) is 0 Å². The summed E-state index contributed by atoms with van der Waals surface area (Å²) >= 11 is 0. The molecule has 0 aliphatic carbocycles. The number of aromatic nitrogens is 3. The second-order valence-electron chi connectivity index (χ2n) is 5.00. The first-order valence-corrected chi connectivity index (χ1v) is 6.44. The molecule has 6 nitrogen and oxygen atoms in total. The first-order valence-electron chi connectivity index (χ1n) is 6.44. The van der Waals surface area contributed by atoms with E-state index < -0.39 is 5.54 Å². The number of hydrogen-bond donors (Lipinski definition) is 1. The quantitative estimate of drug-likeness (QED) is 0.836. The summed E-state index contributed by atoms with van der Waals surface area (Å²) in [6, 6.07) is 0. The van der Waals surface area contributed by atoms with E-state index in [4.69, 9.17) is 0 Å². The predicted molar refractivity (Wildman–Crippen MR) is 67.7 cm³/mol. The lowest BCUT2D eigenvalue weighted by atomic mass is 9.90. The van der Waals surface area contributed by atoms with Gasteiger partial charge in [-0.15, -0.1) is 0 Å². The molecule has 1 saturated heterocycles. The molecule has 0 bridgehead atoms. The molecular weight excluding hydrogens is 230 g/mol. The van der Waals surface area contributed by atoms with Gasteiger partial charge in [0, 0.05) is 20.1 Å². The Morgan fingerprint density at radius 1 is 1.56 bits per heavy atom. The fourth-order valence-electron chi connectivity index (χ4n) is 2.53. The molecule has 6 heteroatoms. The molecule has 18 heavy (non-hydrogen) atoms. The van der Waals surface area contributed by atoms with E-state index in [0.717, 1.165) is 25.2 Å².